The van der Waals surface area contributed by atoms with Gasteiger partial charge in [0.05, 0.1) is 6.61 Å². The summed E-state index contributed by atoms with van der Waals surface area (Å²) in [5.41, 5.74) is 0.583. The lowest BCUT2D eigenvalue weighted by molar-refractivity contribution is 0.0566. The van der Waals surface area contributed by atoms with Crippen LogP contribution in [0.15, 0.2) is 18.3 Å². The first kappa shape index (κ1) is 12.5. The van der Waals surface area contributed by atoms with E-state index in [0.29, 0.717) is 38.5 Å². The van der Waals surface area contributed by atoms with Crippen molar-refractivity contribution < 1.29 is 14.3 Å². The number of ether oxygens (including phenoxy) is 1. The number of nitrogens with zero attached hydrogens (tertiary/aromatic N) is 2. The minimum Gasteiger partial charge on any atom is -0.450 e. The van der Waals surface area contributed by atoms with Gasteiger partial charge in [0.2, 0.25) is 0 Å². The second-order valence-electron chi connectivity index (χ2n) is 4.06. The van der Waals surface area contributed by atoms with Crippen LogP contribution in [0.3, 0.4) is 0 Å². The number of aromatic amines is 1. The first-order valence-corrected chi connectivity index (χ1v) is 6.06. The Hall–Kier alpha value is -1.98. The number of nitrogens with one attached hydrogen (secondary N) is 1. The van der Waals surface area contributed by atoms with Crippen molar-refractivity contribution >= 4 is 12.0 Å². The van der Waals surface area contributed by atoms with E-state index in [4.69, 9.17) is 4.74 Å². The van der Waals surface area contributed by atoms with Crippen LogP contribution in [0.1, 0.15) is 17.4 Å². The molecule has 18 heavy (non-hydrogen) atoms. The molecule has 0 saturated carbocycles. The van der Waals surface area contributed by atoms with Crippen LogP contribution in [-0.4, -0.2) is 59.6 Å². The number of rotatable bonds is 2. The molecule has 2 amide bonds. The van der Waals surface area contributed by atoms with E-state index in [1.807, 2.05) is 0 Å². The molecular weight excluding hydrogens is 234 g/mol. The van der Waals surface area contributed by atoms with E-state index < -0.39 is 0 Å². The molecule has 0 bridgehead atoms. The highest BCUT2D eigenvalue weighted by molar-refractivity contribution is 5.92. The Morgan fingerprint density at radius 2 is 1.94 bits per heavy atom. The van der Waals surface area contributed by atoms with Gasteiger partial charge in [0.1, 0.15) is 5.69 Å². The number of carbonyl (C=O) groups excluding carboxylic acids is 2. The van der Waals surface area contributed by atoms with Crippen molar-refractivity contribution in [1.82, 2.24) is 14.8 Å². The zero-order chi connectivity index (χ0) is 13.0. The van der Waals surface area contributed by atoms with E-state index in [9.17, 15) is 9.59 Å². The molecule has 1 aromatic heterocycles. The molecule has 1 aliphatic rings. The summed E-state index contributed by atoms with van der Waals surface area (Å²) in [6.45, 7) is 4.27. The molecule has 0 aromatic carbocycles. The van der Waals surface area contributed by atoms with Crippen molar-refractivity contribution in [2.45, 2.75) is 6.92 Å². The van der Waals surface area contributed by atoms with Crippen LogP contribution in [-0.2, 0) is 4.74 Å². The predicted octanol–water partition coefficient (Wildman–Crippen LogP) is 0.929. The lowest BCUT2D eigenvalue weighted by Crippen LogP contribution is -2.50. The fourth-order valence-electron chi connectivity index (χ4n) is 1.94. The van der Waals surface area contributed by atoms with Gasteiger partial charge >= 0.3 is 6.09 Å². The van der Waals surface area contributed by atoms with E-state index in [1.54, 1.807) is 35.1 Å². The Balaban J connectivity index is 1.87. The molecule has 2 heterocycles. The highest BCUT2D eigenvalue weighted by Crippen LogP contribution is 2.08. The zero-order valence-corrected chi connectivity index (χ0v) is 10.4. The second kappa shape index (κ2) is 5.57. The third kappa shape index (κ3) is 2.64. The first-order valence-electron chi connectivity index (χ1n) is 6.06. The Bertz CT molecular complexity index is 408. The monoisotopic (exact) mass is 251 g/mol. The van der Waals surface area contributed by atoms with Crippen molar-refractivity contribution in [1.29, 1.82) is 0 Å². The highest BCUT2D eigenvalue weighted by Gasteiger charge is 2.25. The average molecular weight is 251 g/mol. The van der Waals surface area contributed by atoms with Crippen molar-refractivity contribution in [3.05, 3.63) is 24.0 Å². The van der Waals surface area contributed by atoms with E-state index in [1.165, 1.54) is 0 Å². The average Bonchev–Trinajstić information content (AvgIpc) is 2.92. The topological polar surface area (TPSA) is 65.6 Å². The molecule has 1 aliphatic heterocycles. The zero-order valence-electron chi connectivity index (χ0n) is 10.4. The van der Waals surface area contributed by atoms with E-state index in [-0.39, 0.29) is 12.0 Å². The quantitative estimate of drug-likeness (QED) is 0.850. The molecule has 98 valence electrons. The summed E-state index contributed by atoms with van der Waals surface area (Å²) < 4.78 is 4.93. The van der Waals surface area contributed by atoms with Crippen molar-refractivity contribution in [3.8, 4) is 0 Å². The van der Waals surface area contributed by atoms with Gasteiger partial charge in [-0.3, -0.25) is 4.79 Å². The Morgan fingerprint density at radius 1 is 1.28 bits per heavy atom. The van der Waals surface area contributed by atoms with Crippen LogP contribution in [0.2, 0.25) is 0 Å². The summed E-state index contributed by atoms with van der Waals surface area (Å²) in [6.07, 6.45) is 1.42. The lowest BCUT2D eigenvalue weighted by Gasteiger charge is -2.33. The molecule has 6 nitrogen and oxygen atoms in total. The van der Waals surface area contributed by atoms with Crippen LogP contribution in [0.4, 0.5) is 4.79 Å². The van der Waals surface area contributed by atoms with Crippen LogP contribution in [0, 0.1) is 0 Å². The number of amides is 2. The van der Waals surface area contributed by atoms with Gasteiger partial charge in [-0.15, -0.1) is 0 Å². The van der Waals surface area contributed by atoms with E-state index >= 15 is 0 Å². The predicted molar refractivity (Wildman–Crippen MR) is 65.3 cm³/mol. The normalized spacial score (nSPS) is 15.6. The SMILES string of the molecule is CCOC(=O)N1CCN(C(=O)c2ccc[nH]2)CC1. The van der Waals surface area contributed by atoms with E-state index in [0.717, 1.165) is 0 Å². The van der Waals surface area contributed by atoms with Crippen LogP contribution in [0.5, 0.6) is 0 Å². The van der Waals surface area contributed by atoms with Gasteiger partial charge in [-0.1, -0.05) is 0 Å². The molecule has 2 rings (SSSR count). The largest absolute Gasteiger partial charge is 0.450 e. The number of aromatic nitrogens is 1. The number of hydrogen-bond acceptors (Lipinski definition) is 3. The van der Waals surface area contributed by atoms with Crippen LogP contribution in [0.25, 0.3) is 0 Å². The maximum absolute atomic E-state index is 12.0. The van der Waals surface area contributed by atoms with Gasteiger partial charge in [-0.2, -0.15) is 0 Å². The standard InChI is InChI=1S/C12H17N3O3/c1-2-18-12(17)15-8-6-14(7-9-15)11(16)10-4-3-5-13-10/h3-5,13H,2,6-9H2,1H3. The van der Waals surface area contributed by atoms with Gasteiger partial charge in [-0.25, -0.2) is 4.79 Å². The van der Waals surface area contributed by atoms with Gasteiger partial charge < -0.3 is 19.5 Å². The molecule has 0 spiro atoms. The number of carbonyl (C=O) groups is 2. The lowest BCUT2D eigenvalue weighted by atomic mass is 10.3. The maximum atomic E-state index is 12.0. The van der Waals surface area contributed by atoms with E-state index in [2.05, 4.69) is 4.98 Å². The Kier molecular flexibility index (Phi) is 3.86. The Labute approximate surface area is 106 Å². The summed E-state index contributed by atoms with van der Waals surface area (Å²) in [7, 11) is 0. The molecule has 0 unspecified atom stereocenters. The smallest absolute Gasteiger partial charge is 0.409 e. The molecule has 1 saturated heterocycles. The number of hydrogen-bond donors (Lipinski definition) is 1. The van der Waals surface area contributed by atoms with Gasteiger partial charge in [-0.05, 0) is 19.1 Å². The fourth-order valence-corrected chi connectivity index (χ4v) is 1.94. The van der Waals surface area contributed by atoms with Gasteiger partial charge in [0.25, 0.3) is 5.91 Å². The molecule has 1 aromatic rings. The summed E-state index contributed by atoms with van der Waals surface area (Å²) in [5, 5.41) is 0. The molecule has 1 fully saturated rings. The molecule has 0 atom stereocenters. The third-order valence-corrected chi connectivity index (χ3v) is 2.92. The van der Waals surface area contributed by atoms with Crippen LogP contribution >= 0.6 is 0 Å². The third-order valence-electron chi connectivity index (χ3n) is 2.92. The van der Waals surface area contributed by atoms with Crippen molar-refractivity contribution in [2.24, 2.45) is 0 Å². The molecule has 6 heteroatoms. The molecule has 0 radical (unpaired) electrons. The summed E-state index contributed by atoms with van der Waals surface area (Å²) in [5.74, 6) is -0.0245. The summed E-state index contributed by atoms with van der Waals surface area (Å²) in [4.78, 5) is 29.8. The molecular formula is C12H17N3O3. The van der Waals surface area contributed by atoms with Crippen LogP contribution < -0.4 is 0 Å². The maximum Gasteiger partial charge on any atom is 0.409 e. The van der Waals surface area contributed by atoms with Crippen molar-refractivity contribution in [2.75, 3.05) is 32.8 Å². The summed E-state index contributed by atoms with van der Waals surface area (Å²) >= 11 is 0. The molecule has 0 aliphatic carbocycles. The minimum atomic E-state index is -0.301. The van der Waals surface area contributed by atoms with Gasteiger partial charge in [0.15, 0.2) is 0 Å². The Morgan fingerprint density at radius 3 is 2.50 bits per heavy atom. The molecule has 1 N–H and O–H groups in total. The second-order valence-corrected chi connectivity index (χ2v) is 4.06. The summed E-state index contributed by atoms with van der Waals surface area (Å²) in [6, 6.07) is 3.54. The number of piperazine rings is 1. The highest BCUT2D eigenvalue weighted by atomic mass is 16.6. The first-order chi connectivity index (χ1) is 8.72. The number of H-pyrrole nitrogens is 1. The van der Waals surface area contributed by atoms with Crippen molar-refractivity contribution in [3.63, 3.8) is 0 Å². The minimum absolute atomic E-state index is 0.0245. The fraction of sp³-hybridized carbons (Fsp3) is 0.500. The van der Waals surface area contributed by atoms with Gasteiger partial charge in [0, 0.05) is 32.4 Å².